The van der Waals surface area contributed by atoms with E-state index in [0.717, 1.165) is 41.4 Å². The second-order valence-corrected chi connectivity index (χ2v) is 20.8. The van der Waals surface area contributed by atoms with Gasteiger partial charge in [0.2, 0.25) is 0 Å². The Bertz CT molecular complexity index is 762. The van der Waals surface area contributed by atoms with Crippen LogP contribution in [0, 0.1) is 52.3 Å². The Labute approximate surface area is 220 Å². The fourth-order valence-electron chi connectivity index (χ4n) is 9.31. The van der Waals surface area contributed by atoms with E-state index in [4.69, 9.17) is 4.43 Å². The molecule has 4 aliphatic carbocycles. The first kappa shape index (κ1) is 27.9. The Morgan fingerprint density at radius 3 is 2.20 bits per heavy atom. The van der Waals surface area contributed by atoms with E-state index in [1.54, 1.807) is 0 Å². The number of fused-ring (bicyclic) bond motifs is 5. The van der Waals surface area contributed by atoms with Crippen molar-refractivity contribution in [1.82, 2.24) is 0 Å². The maximum absolute atomic E-state index is 6.95. The van der Waals surface area contributed by atoms with Crippen LogP contribution in [0.25, 0.3) is 0 Å². The Morgan fingerprint density at radius 2 is 1.54 bits per heavy atom. The van der Waals surface area contributed by atoms with Gasteiger partial charge in [-0.05, 0) is 115 Å². The molecule has 0 aromatic rings. The minimum Gasteiger partial charge on any atom is -0.414 e. The molecule has 9 atom stereocenters. The first-order chi connectivity index (χ1) is 16.2. The van der Waals surface area contributed by atoms with Crippen LogP contribution in [-0.4, -0.2) is 14.4 Å². The first-order valence-corrected chi connectivity index (χ1v) is 18.5. The molecule has 2 heteroatoms. The fourth-order valence-corrected chi connectivity index (χ4v) is 10.7. The monoisotopic (exact) mass is 500 g/mol. The van der Waals surface area contributed by atoms with Gasteiger partial charge in [0.05, 0.1) is 0 Å². The smallest absolute Gasteiger partial charge is 0.192 e. The first-order valence-electron chi connectivity index (χ1n) is 15.5. The largest absolute Gasteiger partial charge is 0.414 e. The lowest BCUT2D eigenvalue weighted by Crippen LogP contribution is -2.53. The van der Waals surface area contributed by atoms with E-state index in [9.17, 15) is 0 Å². The molecule has 0 bridgehead atoms. The molecule has 0 saturated heterocycles. The van der Waals surface area contributed by atoms with Crippen molar-refractivity contribution in [3.63, 3.8) is 0 Å². The molecule has 0 aromatic heterocycles. The lowest BCUT2D eigenvalue weighted by molar-refractivity contribution is -0.0796. The van der Waals surface area contributed by atoms with Crippen molar-refractivity contribution in [3.05, 3.63) is 12.2 Å². The molecule has 1 nitrogen and oxygen atoms in total. The Hall–Kier alpha value is -0.0831. The van der Waals surface area contributed by atoms with Gasteiger partial charge >= 0.3 is 0 Å². The summed E-state index contributed by atoms with van der Waals surface area (Å²) in [5, 5.41) is 0.306. The summed E-state index contributed by atoms with van der Waals surface area (Å²) in [6.45, 7) is 24.8. The molecule has 0 aromatic carbocycles. The normalized spacial score (nSPS) is 42.5. The molecular formula is C33H60OSi. The Balaban J connectivity index is 1.45. The molecule has 0 spiro atoms. The SMILES string of the molecule is CC(C)CCCC(C)C1CCC2C3C=CC4C[C@@H](O[Si](C)(C)C(C)(C)C)CC[C@]4(C)C3CC[C@]12C. The molecule has 0 amide bonds. The van der Waals surface area contributed by atoms with Crippen LogP contribution in [0.15, 0.2) is 12.2 Å². The van der Waals surface area contributed by atoms with Gasteiger partial charge in [0, 0.05) is 6.10 Å². The van der Waals surface area contributed by atoms with Gasteiger partial charge in [-0.15, -0.1) is 0 Å². The fraction of sp³-hybridized carbons (Fsp3) is 0.939. The molecule has 0 heterocycles. The molecule has 4 rings (SSSR count). The number of hydrogen-bond donors (Lipinski definition) is 0. The molecule has 4 aliphatic rings. The summed E-state index contributed by atoms with van der Waals surface area (Å²) in [7, 11) is -1.69. The summed E-state index contributed by atoms with van der Waals surface area (Å²) in [5.41, 5.74) is 1.07. The summed E-state index contributed by atoms with van der Waals surface area (Å²) in [4.78, 5) is 0. The molecule has 35 heavy (non-hydrogen) atoms. The van der Waals surface area contributed by atoms with Crippen LogP contribution in [0.2, 0.25) is 18.1 Å². The quantitative estimate of drug-likeness (QED) is 0.249. The van der Waals surface area contributed by atoms with E-state index in [2.05, 4.69) is 80.6 Å². The summed E-state index contributed by atoms with van der Waals surface area (Å²) < 4.78 is 6.95. The van der Waals surface area contributed by atoms with Crippen LogP contribution in [0.3, 0.4) is 0 Å². The van der Waals surface area contributed by atoms with Crippen molar-refractivity contribution in [1.29, 1.82) is 0 Å². The van der Waals surface area contributed by atoms with Crippen LogP contribution in [0.1, 0.15) is 120 Å². The van der Waals surface area contributed by atoms with Gasteiger partial charge in [0.1, 0.15) is 0 Å². The molecular weight excluding hydrogens is 440 g/mol. The van der Waals surface area contributed by atoms with Crippen molar-refractivity contribution >= 4 is 8.32 Å². The molecule has 0 aliphatic heterocycles. The van der Waals surface area contributed by atoms with Gasteiger partial charge in [-0.1, -0.05) is 86.8 Å². The van der Waals surface area contributed by atoms with Gasteiger partial charge in [0.15, 0.2) is 8.32 Å². The highest BCUT2D eigenvalue weighted by Crippen LogP contribution is 2.67. The third kappa shape index (κ3) is 5.15. The second kappa shape index (κ2) is 9.90. The standard InChI is InChI=1S/C33H60OSi/c1-23(2)12-11-13-24(3)28-16-17-29-27-15-14-25-22-26(34-35(9,10)31(4,5)6)18-20-32(25,7)30(27)19-21-33(28,29)8/h14-15,23-30H,11-13,16-22H2,1-10H3/t24?,25?,26-,27?,28?,29?,30?,32-,33+/m0/s1. The van der Waals surface area contributed by atoms with E-state index in [1.165, 1.54) is 64.2 Å². The summed E-state index contributed by atoms with van der Waals surface area (Å²) in [5.74, 6) is 6.10. The maximum Gasteiger partial charge on any atom is 0.192 e. The van der Waals surface area contributed by atoms with Gasteiger partial charge < -0.3 is 4.43 Å². The summed E-state index contributed by atoms with van der Waals surface area (Å²) in [6, 6.07) is 0. The van der Waals surface area contributed by atoms with Gasteiger partial charge in [-0.2, -0.15) is 0 Å². The van der Waals surface area contributed by atoms with E-state index < -0.39 is 8.32 Å². The number of rotatable bonds is 7. The topological polar surface area (TPSA) is 9.23 Å². The lowest BCUT2D eigenvalue weighted by Gasteiger charge is -2.59. The second-order valence-electron chi connectivity index (χ2n) is 16.1. The third-order valence-corrected chi connectivity index (χ3v) is 17.1. The highest BCUT2D eigenvalue weighted by molar-refractivity contribution is 6.74. The minimum absolute atomic E-state index is 0.306. The predicted octanol–water partition coefficient (Wildman–Crippen LogP) is 10.3. The highest BCUT2D eigenvalue weighted by atomic mass is 28.4. The zero-order valence-electron chi connectivity index (χ0n) is 25.3. The average Bonchev–Trinajstić information content (AvgIpc) is 3.10. The average molecular weight is 501 g/mol. The van der Waals surface area contributed by atoms with Crippen molar-refractivity contribution in [2.45, 2.75) is 144 Å². The minimum atomic E-state index is -1.69. The molecule has 6 unspecified atom stereocenters. The van der Waals surface area contributed by atoms with Gasteiger partial charge in [-0.25, -0.2) is 0 Å². The lowest BCUT2D eigenvalue weighted by atomic mass is 9.46. The number of allylic oxidation sites excluding steroid dienone is 2. The molecule has 3 saturated carbocycles. The molecule has 0 radical (unpaired) electrons. The third-order valence-electron chi connectivity index (χ3n) is 12.6. The highest BCUT2D eigenvalue weighted by Gasteiger charge is 2.59. The van der Waals surface area contributed by atoms with Crippen LogP contribution in [-0.2, 0) is 4.43 Å². The van der Waals surface area contributed by atoms with Gasteiger partial charge in [0.25, 0.3) is 0 Å². The zero-order chi connectivity index (χ0) is 25.8. The zero-order valence-corrected chi connectivity index (χ0v) is 26.3. The van der Waals surface area contributed by atoms with Crippen molar-refractivity contribution < 1.29 is 4.43 Å². The van der Waals surface area contributed by atoms with E-state index >= 15 is 0 Å². The van der Waals surface area contributed by atoms with Gasteiger partial charge in [-0.3, -0.25) is 0 Å². The summed E-state index contributed by atoms with van der Waals surface area (Å²) in [6.07, 6.45) is 20.1. The van der Waals surface area contributed by atoms with Crippen LogP contribution >= 0.6 is 0 Å². The van der Waals surface area contributed by atoms with Crippen molar-refractivity contribution in [2.24, 2.45) is 52.3 Å². The van der Waals surface area contributed by atoms with Crippen LogP contribution in [0.5, 0.6) is 0 Å². The Kier molecular flexibility index (Phi) is 7.91. The molecule has 0 N–H and O–H groups in total. The molecule has 202 valence electrons. The summed E-state index contributed by atoms with van der Waals surface area (Å²) >= 11 is 0. The van der Waals surface area contributed by atoms with Crippen LogP contribution in [0.4, 0.5) is 0 Å². The number of hydrogen-bond acceptors (Lipinski definition) is 1. The van der Waals surface area contributed by atoms with Crippen LogP contribution < -0.4 is 0 Å². The van der Waals surface area contributed by atoms with Crippen molar-refractivity contribution in [2.75, 3.05) is 0 Å². The van der Waals surface area contributed by atoms with E-state index in [-0.39, 0.29) is 0 Å². The van der Waals surface area contributed by atoms with E-state index in [1.807, 2.05) is 0 Å². The van der Waals surface area contributed by atoms with Crippen molar-refractivity contribution in [3.8, 4) is 0 Å². The molecule has 3 fully saturated rings. The van der Waals surface area contributed by atoms with E-state index in [0.29, 0.717) is 22.0 Å². The predicted molar refractivity (Wildman–Crippen MR) is 155 cm³/mol. The maximum atomic E-state index is 6.95. The Morgan fingerprint density at radius 1 is 0.886 bits per heavy atom.